The predicted octanol–water partition coefficient (Wildman–Crippen LogP) is 21.1. The first-order chi connectivity index (χ1) is 43.2. The molecule has 0 N–H and O–H groups in total. The Morgan fingerprint density at radius 2 is 0.494 bits per heavy atom. The van der Waals surface area contributed by atoms with Crippen LogP contribution in [0, 0.1) is 0 Å². The lowest BCUT2D eigenvalue weighted by atomic mass is 9.49. The molecule has 4 nitrogen and oxygen atoms in total. The van der Waals surface area contributed by atoms with E-state index in [1.165, 1.54) is 5.56 Å². The molecule has 0 bridgehead atoms. The van der Waals surface area contributed by atoms with Gasteiger partial charge in [0.25, 0.3) is 0 Å². The quantitative estimate of drug-likeness (QED) is 0.123. The summed E-state index contributed by atoms with van der Waals surface area (Å²) in [6, 6.07) is 25.7. The third-order valence-electron chi connectivity index (χ3n) is 28.9. The molecule has 0 saturated carbocycles. The highest BCUT2D eigenvalue weighted by atomic mass is 16.1. The number of hydrogen-bond acceptors (Lipinski definition) is 4. The molecule has 31 aromatic carbocycles. The fourth-order valence-electron chi connectivity index (χ4n) is 28.2. The fourth-order valence-corrected chi connectivity index (χ4v) is 28.2. The van der Waals surface area contributed by atoms with Crippen LogP contribution in [0.2, 0.25) is 0 Å². The van der Waals surface area contributed by atoms with Crippen molar-refractivity contribution in [1.29, 1.82) is 0 Å². The molecule has 0 radical (unpaired) electrons. The van der Waals surface area contributed by atoms with Crippen molar-refractivity contribution in [2.75, 3.05) is 18.5 Å². The number of aldehydes is 2. The molecule has 36 rings (SSSR count). The number of benzene rings is 20. The van der Waals surface area contributed by atoms with Gasteiger partial charge in [-0.05, 0) is 386 Å². The van der Waals surface area contributed by atoms with Gasteiger partial charge in [0.1, 0.15) is 12.6 Å². The summed E-state index contributed by atoms with van der Waals surface area (Å²) in [6.45, 7) is 0.952. The van der Waals surface area contributed by atoms with E-state index in [0.29, 0.717) is 11.1 Å². The molecular formula is C83H20N2O2. The van der Waals surface area contributed by atoms with Gasteiger partial charge in [-0.25, -0.2) is 0 Å². The maximum absolute atomic E-state index is 12.1. The Kier molecular flexibility index (Phi) is 3.58. The second-order valence-corrected chi connectivity index (χ2v) is 30.1. The van der Waals surface area contributed by atoms with Crippen LogP contribution >= 0.6 is 0 Å². The molecule has 1 aliphatic heterocycles. The maximum atomic E-state index is 12.1. The molecule has 4 aliphatic carbocycles. The summed E-state index contributed by atoms with van der Waals surface area (Å²) in [5, 5.41) is 88.0. The van der Waals surface area contributed by atoms with Crippen LogP contribution in [0.15, 0.2) is 72.8 Å². The Balaban J connectivity index is 0.878. The summed E-state index contributed by atoms with van der Waals surface area (Å²) in [7, 11) is 2.54. The van der Waals surface area contributed by atoms with Crippen molar-refractivity contribution in [3.63, 3.8) is 0 Å². The standard InChI is InChI=1S/C83H20N2O2/c1-84-16-82-77-70-63-51-43-34-25-23-24-26-29(25)38-45(43)53-54-46(38)44-35(26)37-33-28(24)31-30-27(23)32-36(34)49(51)57-55-41(32)39(30)47-48-40(31)42(33)56-58-50(37)52(44)64-66(54)75(74(77)65(53)63)79-72(64)69(58)73-62(56)60(48)67-59(47)61(55)71(68(57)70)78(82)76(67)80(73)83(79,82)81(84)19-6-12-22(13-7-19)85(20-8-2-17(14-86)3-9-20)21-10-4-18(15-87)5-11-21/h2-15,81H,16H2,1H3. The van der Waals surface area contributed by atoms with E-state index in [4.69, 9.17) is 0 Å². The number of hydrogen-bond donors (Lipinski definition) is 0. The van der Waals surface area contributed by atoms with Gasteiger partial charge in [0.05, 0.1) is 10.8 Å². The van der Waals surface area contributed by atoms with Crippen molar-refractivity contribution in [2.45, 2.75) is 16.9 Å². The minimum atomic E-state index is -0.455. The van der Waals surface area contributed by atoms with E-state index in [1.54, 1.807) is 313 Å². The van der Waals surface area contributed by atoms with Gasteiger partial charge in [0.2, 0.25) is 0 Å². The molecule has 0 aromatic heterocycles. The van der Waals surface area contributed by atoms with Crippen LogP contribution in [-0.4, -0.2) is 31.1 Å². The molecule has 1 saturated heterocycles. The van der Waals surface area contributed by atoms with Crippen LogP contribution in [0.3, 0.4) is 0 Å². The van der Waals surface area contributed by atoms with Crippen LogP contribution in [0.25, 0.3) is 291 Å². The van der Waals surface area contributed by atoms with Crippen molar-refractivity contribution in [3.05, 3.63) is 112 Å². The lowest BCUT2D eigenvalue weighted by molar-refractivity contribution is 0.111. The predicted molar refractivity (Wildman–Crippen MR) is 361 cm³/mol. The molecular weight excluding hydrogens is 1060 g/mol. The van der Waals surface area contributed by atoms with Gasteiger partial charge in [-0.2, -0.15) is 0 Å². The van der Waals surface area contributed by atoms with Crippen molar-refractivity contribution in [2.24, 2.45) is 0 Å². The summed E-state index contributed by atoms with van der Waals surface area (Å²) in [5.41, 5.74) is 11.6. The smallest absolute Gasteiger partial charge is 0.150 e. The van der Waals surface area contributed by atoms with E-state index >= 15 is 0 Å². The Bertz CT molecular complexity index is 8540. The highest BCUT2D eigenvalue weighted by Gasteiger charge is 2.76. The normalized spacial score (nSPS) is 21.4. The zero-order valence-corrected chi connectivity index (χ0v) is 45.1. The van der Waals surface area contributed by atoms with Gasteiger partial charge in [-0.1, -0.05) is 12.1 Å². The van der Waals surface area contributed by atoms with Crippen LogP contribution in [0.4, 0.5) is 17.1 Å². The molecule has 31 aromatic rings. The number of anilines is 3. The van der Waals surface area contributed by atoms with Gasteiger partial charge in [0.15, 0.2) is 0 Å². The van der Waals surface area contributed by atoms with Crippen LogP contribution in [0.1, 0.15) is 54.6 Å². The number of likely N-dealkylation sites (N-methyl/N-ethyl adjacent to an activating group) is 1. The Morgan fingerprint density at radius 1 is 0.287 bits per heavy atom. The second-order valence-electron chi connectivity index (χ2n) is 30.1. The average molecular weight is 1080 g/mol. The van der Waals surface area contributed by atoms with E-state index in [0.717, 1.165) is 36.2 Å². The van der Waals surface area contributed by atoms with E-state index in [-0.39, 0.29) is 11.5 Å². The molecule has 5 aliphatic rings. The first-order valence-corrected chi connectivity index (χ1v) is 31.6. The topological polar surface area (TPSA) is 40.6 Å². The first kappa shape index (κ1) is 35.5. The highest BCUT2D eigenvalue weighted by molar-refractivity contribution is 6.82. The molecule has 87 heavy (non-hydrogen) atoms. The molecule has 3 atom stereocenters. The summed E-state index contributed by atoms with van der Waals surface area (Å²) in [5.74, 6) is 0. The molecule has 374 valence electrons. The van der Waals surface area contributed by atoms with Gasteiger partial charge in [0, 0.05) is 40.8 Å². The number of likely N-dealkylation sites (tertiary alicyclic amines) is 1. The zero-order chi connectivity index (χ0) is 53.3. The monoisotopic (exact) mass is 1080 g/mol. The van der Waals surface area contributed by atoms with E-state index in [9.17, 15) is 9.59 Å². The Morgan fingerprint density at radius 3 is 0.793 bits per heavy atom. The average Bonchev–Trinajstić information content (AvgIpc) is 1.38. The zero-order valence-electron chi connectivity index (χ0n) is 45.1. The van der Waals surface area contributed by atoms with Crippen LogP contribution in [0.5, 0.6) is 0 Å². The SMILES string of the molecule is CN1CC23c4c5c6c7c8c9c(c%10c%11c2c2c%12c4c4c%13c5c5c7c7c8c8c%14c9c%10c9c%10c%11c2c2c%11c%12c4c4c%12c%13c5c5c7c7c8c8c%14c9c9c%10c2c2c%11c4c4c%12c5c7c5c8c9c2c45)C63C1c1ccc(N(c2ccc(C=O)cc2)c2ccc(C=O)cc2)cc1. The molecule has 1 heterocycles. The van der Waals surface area contributed by atoms with Crippen LogP contribution in [-0.2, 0) is 10.8 Å². The molecule has 0 amide bonds. The minimum absolute atomic E-state index is 0.00880. The van der Waals surface area contributed by atoms with Crippen molar-refractivity contribution in [3.8, 4) is 0 Å². The Hall–Kier alpha value is -10.8. The van der Waals surface area contributed by atoms with Gasteiger partial charge in [-0.15, -0.1) is 0 Å². The number of nitrogens with zero attached hydrogens (tertiary/aromatic N) is 2. The van der Waals surface area contributed by atoms with Crippen molar-refractivity contribution < 1.29 is 9.59 Å². The highest BCUT2D eigenvalue weighted by Crippen LogP contribution is 2.87. The van der Waals surface area contributed by atoms with Crippen molar-refractivity contribution in [1.82, 2.24) is 4.90 Å². The summed E-state index contributed by atoms with van der Waals surface area (Å²) < 4.78 is 0. The lowest BCUT2D eigenvalue weighted by Gasteiger charge is -2.50. The fraction of sp³-hybridized carbons (Fsp3) is 0.0602. The van der Waals surface area contributed by atoms with Gasteiger partial charge < -0.3 is 4.90 Å². The largest absolute Gasteiger partial charge is 0.311 e. The van der Waals surface area contributed by atoms with Crippen molar-refractivity contribution >= 4 is 320 Å². The maximum Gasteiger partial charge on any atom is 0.150 e. The van der Waals surface area contributed by atoms with E-state index in [2.05, 4.69) is 65.4 Å². The molecule has 4 heteroatoms. The number of carbonyl (C=O) groups is 2. The lowest BCUT2D eigenvalue weighted by Crippen LogP contribution is -2.50. The van der Waals surface area contributed by atoms with E-state index < -0.39 is 5.41 Å². The van der Waals surface area contributed by atoms with Gasteiger partial charge in [-0.3, -0.25) is 14.5 Å². The second kappa shape index (κ2) is 8.78. The Labute approximate surface area is 479 Å². The summed E-state index contributed by atoms with van der Waals surface area (Å²) in [4.78, 5) is 29.3. The summed E-state index contributed by atoms with van der Waals surface area (Å²) in [6.07, 6.45) is 1.84. The molecule has 3 unspecified atom stereocenters. The first-order valence-electron chi connectivity index (χ1n) is 31.6. The number of carbonyl (C=O) groups excluding carboxylic acids is 2. The third kappa shape index (κ3) is 2.21. The molecule has 1 fully saturated rings. The minimum Gasteiger partial charge on any atom is -0.311 e. The van der Waals surface area contributed by atoms with Crippen LogP contribution < -0.4 is 4.90 Å². The number of rotatable bonds is 6. The summed E-state index contributed by atoms with van der Waals surface area (Å²) >= 11 is 0. The third-order valence-corrected chi connectivity index (χ3v) is 28.9. The molecule has 2 spiro atoms. The van der Waals surface area contributed by atoms with E-state index in [1.807, 2.05) is 24.3 Å². The van der Waals surface area contributed by atoms with Gasteiger partial charge >= 0.3 is 0 Å².